The Kier molecular flexibility index (Phi) is 2.11. The lowest BCUT2D eigenvalue weighted by Gasteiger charge is -2.29. The predicted octanol–water partition coefficient (Wildman–Crippen LogP) is 4.13. The van der Waals surface area contributed by atoms with Gasteiger partial charge in [0.05, 0.1) is 5.54 Å². The van der Waals surface area contributed by atoms with Gasteiger partial charge in [-0.25, -0.2) is 0 Å². The Morgan fingerprint density at radius 3 is 2.67 bits per heavy atom. The molecule has 2 aromatic rings. The summed E-state index contributed by atoms with van der Waals surface area (Å²) in [6, 6.07) is 13.2. The fourth-order valence-corrected chi connectivity index (χ4v) is 3.59. The van der Waals surface area contributed by atoms with E-state index >= 15 is 0 Å². The summed E-state index contributed by atoms with van der Waals surface area (Å²) in [5, 5.41) is 2.78. The first-order valence-corrected chi connectivity index (χ1v) is 6.92. The van der Waals surface area contributed by atoms with Gasteiger partial charge in [0.2, 0.25) is 0 Å². The number of hydrogen-bond acceptors (Lipinski definition) is 1. The van der Waals surface area contributed by atoms with Crippen LogP contribution < -0.4 is 0 Å². The molecular weight excluding hydrogens is 218 g/mol. The van der Waals surface area contributed by atoms with Crippen molar-refractivity contribution in [3.8, 4) is 0 Å². The second-order valence-electron chi connectivity index (χ2n) is 5.72. The molecule has 18 heavy (non-hydrogen) atoms. The van der Waals surface area contributed by atoms with Crippen LogP contribution in [0.25, 0.3) is 10.8 Å². The monoisotopic (exact) mass is 235 g/mol. The van der Waals surface area contributed by atoms with Gasteiger partial charge in [-0.3, -0.25) is 4.99 Å². The normalized spacial score (nSPS) is 20.4. The van der Waals surface area contributed by atoms with Crippen LogP contribution in [0.4, 0.5) is 0 Å². The Morgan fingerprint density at radius 1 is 0.944 bits per heavy atom. The van der Waals surface area contributed by atoms with Crippen molar-refractivity contribution in [1.82, 2.24) is 0 Å². The maximum Gasteiger partial charge on any atom is 0.0649 e. The fraction of sp³-hybridized carbons (Fsp3) is 0.353. The van der Waals surface area contributed by atoms with Gasteiger partial charge in [0.25, 0.3) is 0 Å². The van der Waals surface area contributed by atoms with E-state index in [-0.39, 0.29) is 5.54 Å². The third-order valence-corrected chi connectivity index (χ3v) is 4.59. The molecule has 0 bridgehead atoms. The standard InChI is InChI=1S/C17H17N/c1-2-6-15-13(5-1)7-8-14-12-18-17(11-16(14)15)9-3-4-10-17/h1-2,5-8,12H,3-4,9-11H2. The van der Waals surface area contributed by atoms with Crippen LogP contribution in [0.3, 0.4) is 0 Å². The van der Waals surface area contributed by atoms with Gasteiger partial charge in [-0.15, -0.1) is 0 Å². The molecule has 1 heterocycles. The Balaban J connectivity index is 1.92. The maximum atomic E-state index is 4.88. The highest BCUT2D eigenvalue weighted by Gasteiger charge is 2.35. The fourth-order valence-electron chi connectivity index (χ4n) is 3.59. The number of nitrogens with zero attached hydrogens (tertiary/aromatic N) is 1. The maximum absolute atomic E-state index is 4.88. The molecule has 0 aromatic heterocycles. The summed E-state index contributed by atoms with van der Waals surface area (Å²) in [4.78, 5) is 4.88. The van der Waals surface area contributed by atoms with Gasteiger partial charge in [-0.2, -0.15) is 0 Å². The van der Waals surface area contributed by atoms with Gasteiger partial charge in [-0.1, -0.05) is 49.2 Å². The lowest BCUT2D eigenvalue weighted by molar-refractivity contribution is 0.438. The number of fused-ring (bicyclic) bond motifs is 3. The first kappa shape index (κ1) is 10.3. The van der Waals surface area contributed by atoms with Crippen molar-refractivity contribution < 1.29 is 0 Å². The minimum atomic E-state index is 0.233. The van der Waals surface area contributed by atoms with Crippen molar-refractivity contribution in [3.05, 3.63) is 47.5 Å². The molecule has 1 aliphatic carbocycles. The molecule has 1 heteroatoms. The van der Waals surface area contributed by atoms with E-state index in [0.29, 0.717) is 0 Å². The molecule has 2 aromatic carbocycles. The molecular formula is C17H17N. The van der Waals surface area contributed by atoms with E-state index in [0.717, 1.165) is 6.42 Å². The minimum Gasteiger partial charge on any atom is -0.286 e. The first-order valence-electron chi connectivity index (χ1n) is 6.92. The van der Waals surface area contributed by atoms with Crippen LogP contribution in [0.5, 0.6) is 0 Å². The van der Waals surface area contributed by atoms with Crippen molar-refractivity contribution in [2.24, 2.45) is 4.99 Å². The van der Waals surface area contributed by atoms with Crippen LogP contribution in [-0.2, 0) is 6.42 Å². The second-order valence-corrected chi connectivity index (χ2v) is 5.72. The van der Waals surface area contributed by atoms with Crippen LogP contribution in [0.2, 0.25) is 0 Å². The zero-order valence-corrected chi connectivity index (χ0v) is 10.5. The summed E-state index contributed by atoms with van der Waals surface area (Å²) in [6.45, 7) is 0. The number of hydrogen-bond donors (Lipinski definition) is 0. The van der Waals surface area contributed by atoms with E-state index < -0.39 is 0 Å². The molecule has 1 saturated carbocycles. The largest absolute Gasteiger partial charge is 0.286 e. The van der Waals surface area contributed by atoms with Gasteiger partial charge in [0.1, 0.15) is 0 Å². The van der Waals surface area contributed by atoms with E-state index in [4.69, 9.17) is 4.99 Å². The number of rotatable bonds is 0. The predicted molar refractivity (Wildman–Crippen MR) is 76.4 cm³/mol. The Labute approximate surface area is 108 Å². The minimum absolute atomic E-state index is 0.233. The van der Waals surface area contributed by atoms with Crippen LogP contribution in [-0.4, -0.2) is 11.8 Å². The van der Waals surface area contributed by atoms with E-state index in [9.17, 15) is 0 Å². The zero-order valence-electron chi connectivity index (χ0n) is 10.5. The molecule has 1 nitrogen and oxygen atoms in total. The summed E-state index contributed by atoms with van der Waals surface area (Å²) in [5.74, 6) is 0. The van der Waals surface area contributed by atoms with Gasteiger partial charge < -0.3 is 0 Å². The molecule has 1 aliphatic heterocycles. The highest BCUT2D eigenvalue weighted by molar-refractivity contribution is 5.95. The Morgan fingerprint density at radius 2 is 1.78 bits per heavy atom. The Hall–Kier alpha value is -1.63. The lowest BCUT2D eigenvalue weighted by Crippen LogP contribution is -2.29. The molecule has 0 N–H and O–H groups in total. The second kappa shape index (κ2) is 3.68. The SMILES string of the molecule is C1=NC2(CCCC2)Cc2c1ccc1ccccc21. The quantitative estimate of drug-likeness (QED) is 0.651. The smallest absolute Gasteiger partial charge is 0.0649 e. The third kappa shape index (κ3) is 1.43. The molecule has 1 fully saturated rings. The molecule has 0 amide bonds. The van der Waals surface area contributed by atoms with Crippen molar-refractivity contribution >= 4 is 17.0 Å². The highest BCUT2D eigenvalue weighted by atomic mass is 14.9. The molecule has 2 aliphatic rings. The highest BCUT2D eigenvalue weighted by Crippen LogP contribution is 2.40. The van der Waals surface area contributed by atoms with Gasteiger partial charge in [-0.05, 0) is 41.2 Å². The molecule has 0 saturated heterocycles. The van der Waals surface area contributed by atoms with Gasteiger partial charge in [0, 0.05) is 6.21 Å². The van der Waals surface area contributed by atoms with Gasteiger partial charge in [0.15, 0.2) is 0 Å². The molecule has 0 atom stereocenters. The zero-order chi connectivity index (χ0) is 12.0. The van der Waals surface area contributed by atoms with E-state index in [2.05, 4.69) is 42.6 Å². The topological polar surface area (TPSA) is 12.4 Å². The molecule has 1 spiro atoms. The van der Waals surface area contributed by atoms with Crippen LogP contribution >= 0.6 is 0 Å². The van der Waals surface area contributed by atoms with E-state index in [1.807, 2.05) is 0 Å². The van der Waals surface area contributed by atoms with Crippen LogP contribution in [0, 0.1) is 0 Å². The van der Waals surface area contributed by atoms with Crippen molar-refractivity contribution in [2.45, 2.75) is 37.6 Å². The van der Waals surface area contributed by atoms with Crippen molar-refractivity contribution in [2.75, 3.05) is 0 Å². The van der Waals surface area contributed by atoms with Crippen LogP contribution in [0.15, 0.2) is 41.4 Å². The summed E-state index contributed by atoms with van der Waals surface area (Å²) in [7, 11) is 0. The van der Waals surface area contributed by atoms with E-state index in [1.54, 1.807) is 0 Å². The summed E-state index contributed by atoms with van der Waals surface area (Å²) in [5.41, 5.74) is 3.08. The number of benzene rings is 2. The molecule has 0 unspecified atom stereocenters. The molecule has 90 valence electrons. The average Bonchev–Trinajstić information content (AvgIpc) is 2.87. The number of aliphatic imine (C=N–C) groups is 1. The Bertz CT molecular complexity index is 633. The average molecular weight is 235 g/mol. The third-order valence-electron chi connectivity index (χ3n) is 4.59. The summed E-state index contributed by atoms with van der Waals surface area (Å²) < 4.78 is 0. The lowest BCUT2D eigenvalue weighted by atomic mass is 9.83. The summed E-state index contributed by atoms with van der Waals surface area (Å²) in [6.07, 6.45) is 8.49. The first-order chi connectivity index (χ1) is 8.86. The van der Waals surface area contributed by atoms with Crippen molar-refractivity contribution in [1.29, 1.82) is 0 Å². The van der Waals surface area contributed by atoms with Gasteiger partial charge >= 0.3 is 0 Å². The molecule has 0 radical (unpaired) electrons. The summed E-state index contributed by atoms with van der Waals surface area (Å²) >= 11 is 0. The van der Waals surface area contributed by atoms with E-state index in [1.165, 1.54) is 47.6 Å². The molecule has 4 rings (SSSR count). The van der Waals surface area contributed by atoms with Crippen LogP contribution in [0.1, 0.15) is 36.8 Å². The van der Waals surface area contributed by atoms with Crippen molar-refractivity contribution in [3.63, 3.8) is 0 Å².